The number of hydrogen-bond donors (Lipinski definition) is 1. The monoisotopic (exact) mass is 320 g/mol. The summed E-state index contributed by atoms with van der Waals surface area (Å²) in [5.74, 6) is 0. The van der Waals surface area contributed by atoms with Gasteiger partial charge in [0.2, 0.25) is 0 Å². The standard InChI is InChI=1S/C17H32N2Si2/c1-20(2,3)16-7-8-17(21(4,5)6)15(13-16)14-19-11-9-18-10-12-19/h7-8,13,18H,9-12,14H2,1-6H3. The van der Waals surface area contributed by atoms with Crippen LogP contribution in [-0.4, -0.2) is 47.2 Å². The molecule has 4 heteroatoms. The van der Waals surface area contributed by atoms with Crippen LogP contribution in [0.5, 0.6) is 0 Å². The van der Waals surface area contributed by atoms with Crippen LogP contribution in [0, 0.1) is 0 Å². The summed E-state index contributed by atoms with van der Waals surface area (Å²) in [6.45, 7) is 20.5. The molecule has 0 spiro atoms. The van der Waals surface area contributed by atoms with E-state index in [4.69, 9.17) is 0 Å². The minimum Gasteiger partial charge on any atom is -0.314 e. The molecule has 1 fully saturated rings. The molecule has 0 unspecified atom stereocenters. The number of nitrogens with zero attached hydrogens (tertiary/aromatic N) is 1. The second-order valence-electron chi connectivity index (χ2n) is 8.40. The van der Waals surface area contributed by atoms with Gasteiger partial charge in [0.1, 0.15) is 0 Å². The van der Waals surface area contributed by atoms with Crippen LogP contribution in [-0.2, 0) is 6.54 Å². The summed E-state index contributed by atoms with van der Waals surface area (Å²) in [7, 11) is -2.50. The van der Waals surface area contributed by atoms with Crippen molar-refractivity contribution in [3.8, 4) is 0 Å². The van der Waals surface area contributed by atoms with Crippen molar-refractivity contribution in [1.29, 1.82) is 0 Å². The summed E-state index contributed by atoms with van der Waals surface area (Å²) in [6.07, 6.45) is 0. The summed E-state index contributed by atoms with van der Waals surface area (Å²) < 4.78 is 0. The highest BCUT2D eigenvalue weighted by molar-refractivity contribution is 6.90. The van der Waals surface area contributed by atoms with E-state index >= 15 is 0 Å². The highest BCUT2D eigenvalue weighted by Crippen LogP contribution is 2.12. The Labute approximate surface area is 133 Å². The van der Waals surface area contributed by atoms with Crippen LogP contribution in [0.15, 0.2) is 18.2 Å². The largest absolute Gasteiger partial charge is 0.314 e. The first-order chi connectivity index (χ1) is 9.68. The van der Waals surface area contributed by atoms with Crippen LogP contribution in [0.1, 0.15) is 5.56 Å². The van der Waals surface area contributed by atoms with Gasteiger partial charge in [0.25, 0.3) is 0 Å². The molecule has 0 radical (unpaired) electrons. The lowest BCUT2D eigenvalue weighted by molar-refractivity contribution is 0.234. The Kier molecular flexibility index (Phi) is 5.13. The fraction of sp³-hybridized carbons (Fsp3) is 0.647. The third kappa shape index (κ3) is 4.52. The van der Waals surface area contributed by atoms with E-state index in [0.29, 0.717) is 0 Å². The van der Waals surface area contributed by atoms with Crippen molar-refractivity contribution in [2.45, 2.75) is 45.8 Å². The van der Waals surface area contributed by atoms with Crippen LogP contribution in [0.2, 0.25) is 39.3 Å². The van der Waals surface area contributed by atoms with Crippen LogP contribution in [0.4, 0.5) is 0 Å². The van der Waals surface area contributed by atoms with Gasteiger partial charge in [-0.25, -0.2) is 0 Å². The van der Waals surface area contributed by atoms with Gasteiger partial charge in [0, 0.05) is 32.7 Å². The summed E-state index contributed by atoms with van der Waals surface area (Å²) in [5.41, 5.74) is 1.61. The van der Waals surface area contributed by atoms with E-state index in [1.54, 1.807) is 15.9 Å². The molecule has 1 saturated heterocycles. The fourth-order valence-electron chi connectivity index (χ4n) is 3.03. The summed E-state index contributed by atoms with van der Waals surface area (Å²) in [4.78, 5) is 2.61. The van der Waals surface area contributed by atoms with E-state index in [1.165, 1.54) is 13.1 Å². The maximum Gasteiger partial charge on any atom is 0.0780 e. The Morgan fingerprint density at radius 3 is 2.10 bits per heavy atom. The zero-order valence-corrected chi connectivity index (χ0v) is 16.7. The van der Waals surface area contributed by atoms with Gasteiger partial charge < -0.3 is 5.32 Å². The first-order valence-corrected chi connectivity index (χ1v) is 15.2. The van der Waals surface area contributed by atoms with E-state index in [9.17, 15) is 0 Å². The molecule has 21 heavy (non-hydrogen) atoms. The van der Waals surface area contributed by atoms with Gasteiger partial charge in [-0.2, -0.15) is 0 Å². The zero-order chi connectivity index (χ0) is 15.7. The Morgan fingerprint density at radius 1 is 0.952 bits per heavy atom. The molecule has 1 N–H and O–H groups in total. The number of benzene rings is 1. The smallest absolute Gasteiger partial charge is 0.0780 e. The molecule has 1 aromatic rings. The van der Waals surface area contributed by atoms with Crippen LogP contribution in [0.25, 0.3) is 0 Å². The lowest BCUT2D eigenvalue weighted by atomic mass is 10.2. The van der Waals surface area contributed by atoms with E-state index < -0.39 is 16.1 Å². The average Bonchev–Trinajstić information content (AvgIpc) is 2.37. The van der Waals surface area contributed by atoms with E-state index in [2.05, 4.69) is 67.7 Å². The number of rotatable bonds is 4. The molecule has 0 bridgehead atoms. The van der Waals surface area contributed by atoms with Crippen LogP contribution < -0.4 is 15.7 Å². The third-order valence-electron chi connectivity index (χ3n) is 4.38. The molecule has 1 heterocycles. The van der Waals surface area contributed by atoms with Gasteiger partial charge in [-0.05, 0) is 5.56 Å². The first kappa shape index (κ1) is 16.9. The van der Waals surface area contributed by atoms with E-state index in [0.717, 1.165) is 19.6 Å². The summed E-state index contributed by atoms with van der Waals surface area (Å²) in [5, 5.41) is 6.72. The Hall–Kier alpha value is -0.426. The number of piperazine rings is 1. The second-order valence-corrected chi connectivity index (χ2v) is 18.5. The van der Waals surface area contributed by atoms with Crippen molar-refractivity contribution in [1.82, 2.24) is 10.2 Å². The molecule has 2 rings (SSSR count). The van der Waals surface area contributed by atoms with Crippen LogP contribution >= 0.6 is 0 Å². The van der Waals surface area contributed by atoms with Gasteiger partial charge in [-0.1, -0.05) is 67.9 Å². The van der Waals surface area contributed by atoms with Crippen molar-refractivity contribution in [3.63, 3.8) is 0 Å². The second kappa shape index (κ2) is 6.36. The molecule has 118 valence electrons. The minimum absolute atomic E-state index is 1.13. The Balaban J connectivity index is 2.33. The fourth-order valence-corrected chi connectivity index (χ4v) is 5.92. The highest BCUT2D eigenvalue weighted by Gasteiger charge is 2.24. The van der Waals surface area contributed by atoms with E-state index in [1.807, 2.05) is 0 Å². The van der Waals surface area contributed by atoms with Crippen molar-refractivity contribution in [3.05, 3.63) is 23.8 Å². The molecule has 1 aliphatic heterocycles. The van der Waals surface area contributed by atoms with Gasteiger partial charge in [-0.15, -0.1) is 0 Å². The normalized spacial score (nSPS) is 18.0. The number of hydrogen-bond acceptors (Lipinski definition) is 2. The lowest BCUT2D eigenvalue weighted by Crippen LogP contribution is -2.48. The van der Waals surface area contributed by atoms with Crippen molar-refractivity contribution in [2.24, 2.45) is 0 Å². The maximum atomic E-state index is 3.45. The van der Waals surface area contributed by atoms with Gasteiger partial charge >= 0.3 is 0 Å². The van der Waals surface area contributed by atoms with Crippen molar-refractivity contribution >= 4 is 26.5 Å². The predicted molar refractivity (Wildman–Crippen MR) is 101 cm³/mol. The molecular weight excluding hydrogens is 288 g/mol. The first-order valence-electron chi connectivity index (χ1n) is 8.25. The molecule has 0 amide bonds. The average molecular weight is 321 g/mol. The lowest BCUT2D eigenvalue weighted by Gasteiger charge is -2.31. The molecule has 0 atom stereocenters. The SMILES string of the molecule is C[Si](C)(C)c1ccc([Si](C)(C)C)c(CN2CCNCC2)c1. The van der Waals surface area contributed by atoms with Crippen LogP contribution in [0.3, 0.4) is 0 Å². The minimum atomic E-state index is -1.27. The Morgan fingerprint density at radius 2 is 1.57 bits per heavy atom. The van der Waals surface area contributed by atoms with Crippen molar-refractivity contribution in [2.75, 3.05) is 26.2 Å². The Bertz CT molecular complexity index is 481. The molecular formula is C17H32N2Si2. The van der Waals surface area contributed by atoms with E-state index in [-0.39, 0.29) is 0 Å². The van der Waals surface area contributed by atoms with Gasteiger partial charge in [0.05, 0.1) is 16.1 Å². The number of nitrogens with one attached hydrogen (secondary N) is 1. The molecule has 0 aromatic heterocycles. The zero-order valence-electron chi connectivity index (χ0n) is 14.7. The topological polar surface area (TPSA) is 15.3 Å². The molecule has 1 aromatic carbocycles. The predicted octanol–water partition coefficient (Wildman–Crippen LogP) is 2.18. The molecule has 2 nitrogen and oxygen atoms in total. The van der Waals surface area contributed by atoms with Gasteiger partial charge in [0.15, 0.2) is 0 Å². The van der Waals surface area contributed by atoms with Gasteiger partial charge in [-0.3, -0.25) is 4.90 Å². The maximum absolute atomic E-state index is 3.45. The molecule has 0 saturated carbocycles. The highest BCUT2D eigenvalue weighted by atomic mass is 28.3. The summed E-state index contributed by atoms with van der Waals surface area (Å²) >= 11 is 0. The summed E-state index contributed by atoms with van der Waals surface area (Å²) in [6, 6.07) is 7.42. The quantitative estimate of drug-likeness (QED) is 0.856. The molecule has 1 aliphatic rings. The molecule has 0 aliphatic carbocycles. The van der Waals surface area contributed by atoms with Crippen molar-refractivity contribution < 1.29 is 0 Å². The third-order valence-corrected chi connectivity index (χ3v) is 8.53.